The summed E-state index contributed by atoms with van der Waals surface area (Å²) in [6.45, 7) is 1.01. The van der Waals surface area contributed by atoms with Gasteiger partial charge in [-0.15, -0.1) is 0 Å². The van der Waals surface area contributed by atoms with Crippen LogP contribution in [0.4, 0.5) is 14.5 Å². The molecule has 0 bridgehead atoms. The number of piperazine rings is 1. The van der Waals surface area contributed by atoms with E-state index in [0.29, 0.717) is 31.6 Å². The van der Waals surface area contributed by atoms with Crippen LogP contribution in [0, 0.1) is 11.6 Å². The minimum atomic E-state index is -3.59. The Morgan fingerprint density at radius 2 is 1.70 bits per heavy atom. The van der Waals surface area contributed by atoms with Gasteiger partial charge in [-0.1, -0.05) is 6.07 Å². The first-order valence-electron chi connectivity index (χ1n) is 12.9. The molecule has 2 aromatic carbocycles. The molecule has 5 rings (SSSR count). The third-order valence-corrected chi connectivity index (χ3v) is 9.20. The topological polar surface area (TPSA) is 97.2 Å². The van der Waals surface area contributed by atoms with E-state index in [4.69, 9.17) is 9.47 Å². The van der Waals surface area contributed by atoms with E-state index < -0.39 is 27.4 Å². The normalized spacial score (nSPS) is 18.1. The van der Waals surface area contributed by atoms with E-state index in [2.05, 4.69) is 5.10 Å². The van der Waals surface area contributed by atoms with Crippen LogP contribution < -0.4 is 19.9 Å². The van der Waals surface area contributed by atoms with Crippen LogP contribution in [0.5, 0.6) is 11.5 Å². The molecule has 40 heavy (non-hydrogen) atoms. The van der Waals surface area contributed by atoms with Gasteiger partial charge in [-0.3, -0.25) is 4.79 Å². The van der Waals surface area contributed by atoms with E-state index in [1.165, 1.54) is 30.2 Å². The monoisotopic (exact) mass is 575 g/mol. The number of methoxy groups -OCH3 is 1. The van der Waals surface area contributed by atoms with Crippen molar-refractivity contribution in [3.63, 3.8) is 0 Å². The maximum atomic E-state index is 14.0. The fourth-order valence-electron chi connectivity index (χ4n) is 5.10. The van der Waals surface area contributed by atoms with Crippen molar-refractivity contribution in [1.29, 1.82) is 0 Å². The number of anilines is 1. The van der Waals surface area contributed by atoms with Crippen LogP contribution in [0.25, 0.3) is 5.69 Å². The molecule has 0 radical (unpaired) electrons. The lowest BCUT2D eigenvalue weighted by Crippen LogP contribution is -2.52. The fourth-order valence-corrected chi connectivity index (χ4v) is 6.18. The van der Waals surface area contributed by atoms with Gasteiger partial charge in [0.15, 0.2) is 0 Å². The van der Waals surface area contributed by atoms with Crippen molar-refractivity contribution >= 4 is 15.9 Å². The summed E-state index contributed by atoms with van der Waals surface area (Å²) in [6.07, 6.45) is 3.02. The number of aryl methyl sites for hydroxylation is 1. The summed E-state index contributed by atoms with van der Waals surface area (Å²) in [4.78, 5) is 15.6. The van der Waals surface area contributed by atoms with Crippen LogP contribution in [0.3, 0.4) is 0 Å². The highest BCUT2D eigenvalue weighted by molar-refractivity contribution is 7.86. The van der Waals surface area contributed by atoms with Gasteiger partial charge < -0.3 is 14.4 Å². The van der Waals surface area contributed by atoms with Crippen molar-refractivity contribution in [1.82, 2.24) is 18.4 Å². The molecule has 0 amide bonds. The fraction of sp³-hybridized carbons (Fsp3) is 0.407. The highest BCUT2D eigenvalue weighted by Gasteiger charge is 2.32. The van der Waals surface area contributed by atoms with Crippen molar-refractivity contribution in [3.8, 4) is 17.2 Å². The molecule has 1 unspecified atom stereocenters. The molecule has 1 saturated heterocycles. The van der Waals surface area contributed by atoms with Gasteiger partial charge in [0.2, 0.25) is 5.75 Å². The Morgan fingerprint density at radius 1 is 1.00 bits per heavy atom. The van der Waals surface area contributed by atoms with Gasteiger partial charge >= 0.3 is 5.56 Å². The quantitative estimate of drug-likeness (QED) is 0.427. The molecule has 0 spiro atoms. The molecule has 2 heterocycles. The van der Waals surface area contributed by atoms with E-state index in [0.717, 1.165) is 44.9 Å². The molecule has 1 aliphatic heterocycles. The summed E-state index contributed by atoms with van der Waals surface area (Å²) in [5, 5.41) is 4.21. The molecule has 1 fully saturated rings. The summed E-state index contributed by atoms with van der Waals surface area (Å²) < 4.78 is 68.3. The van der Waals surface area contributed by atoms with Crippen LogP contribution in [-0.4, -0.2) is 80.3 Å². The third-order valence-electron chi connectivity index (χ3n) is 7.25. The van der Waals surface area contributed by atoms with E-state index in [1.807, 2.05) is 23.1 Å². The zero-order valence-corrected chi connectivity index (χ0v) is 23.3. The Balaban J connectivity index is 1.49. The van der Waals surface area contributed by atoms with Crippen molar-refractivity contribution in [2.45, 2.75) is 25.4 Å². The van der Waals surface area contributed by atoms with Gasteiger partial charge in [-0.2, -0.15) is 26.8 Å². The Morgan fingerprint density at radius 3 is 2.35 bits per heavy atom. The molecule has 1 atom stereocenters. The number of rotatable bonds is 7. The molecule has 0 saturated carbocycles. The summed E-state index contributed by atoms with van der Waals surface area (Å²) in [5.74, 6) is -0.956. The van der Waals surface area contributed by atoms with E-state index >= 15 is 0 Å². The Labute approximate surface area is 231 Å². The largest absolute Gasteiger partial charge is 0.497 e. The number of fused-ring (bicyclic) bond motifs is 1. The zero-order chi connectivity index (χ0) is 28.6. The van der Waals surface area contributed by atoms with Crippen LogP contribution in [0.2, 0.25) is 0 Å². The molecular formula is C27H31F2N5O5S. The van der Waals surface area contributed by atoms with Gasteiger partial charge in [0, 0.05) is 52.8 Å². The van der Waals surface area contributed by atoms with Crippen LogP contribution >= 0.6 is 0 Å². The average Bonchev–Trinajstić information content (AvgIpc) is 2.93. The Bertz CT molecular complexity index is 1550. The van der Waals surface area contributed by atoms with Crippen LogP contribution in [-0.2, 0) is 23.1 Å². The summed E-state index contributed by atoms with van der Waals surface area (Å²) >= 11 is 0. The van der Waals surface area contributed by atoms with Crippen molar-refractivity contribution in [2.75, 3.05) is 52.3 Å². The predicted octanol–water partition coefficient (Wildman–Crippen LogP) is 2.38. The number of ether oxygens (including phenoxy) is 2. The molecule has 2 aliphatic rings. The highest BCUT2D eigenvalue weighted by Crippen LogP contribution is 2.31. The van der Waals surface area contributed by atoms with Crippen LogP contribution in [0.15, 0.2) is 47.4 Å². The highest BCUT2D eigenvalue weighted by atomic mass is 32.2. The molecule has 3 aromatic rings. The summed E-state index contributed by atoms with van der Waals surface area (Å²) in [5.41, 5.74) is 1.90. The lowest BCUT2D eigenvalue weighted by molar-refractivity contribution is 0.181. The summed E-state index contributed by atoms with van der Waals surface area (Å²) in [6, 6.07) is 8.65. The van der Waals surface area contributed by atoms with Gasteiger partial charge in [0.1, 0.15) is 29.2 Å². The van der Waals surface area contributed by atoms with E-state index in [-0.39, 0.29) is 30.6 Å². The standard InChI is InChI=1S/C27H31F2N5O5S/c1-31(2)40(36,37)33-10-8-32(9-11-33)25-17-30-34(22-15-20(28)14-21(29)16-22)27(35)26(25)39-24-7-5-18-4-6-23(38-3)12-19(18)13-24/h4,6,12,14-17,24H,5,7-11,13H2,1-3H3. The number of halogens is 2. The average molecular weight is 576 g/mol. The van der Waals surface area contributed by atoms with Gasteiger partial charge in [-0.05, 0) is 48.2 Å². The van der Waals surface area contributed by atoms with Crippen molar-refractivity contribution in [3.05, 3.63) is 75.7 Å². The molecule has 1 aliphatic carbocycles. The second kappa shape index (κ2) is 11.1. The second-order valence-electron chi connectivity index (χ2n) is 10.00. The van der Waals surface area contributed by atoms with E-state index in [9.17, 15) is 22.0 Å². The van der Waals surface area contributed by atoms with Crippen molar-refractivity contribution in [2.24, 2.45) is 0 Å². The molecule has 0 N–H and O–H groups in total. The van der Waals surface area contributed by atoms with Gasteiger partial charge in [0.05, 0.1) is 19.0 Å². The third kappa shape index (κ3) is 5.54. The van der Waals surface area contributed by atoms with Gasteiger partial charge in [-0.25, -0.2) is 8.78 Å². The Hall–Kier alpha value is -3.55. The maximum absolute atomic E-state index is 14.0. The zero-order valence-electron chi connectivity index (χ0n) is 22.5. The van der Waals surface area contributed by atoms with Crippen molar-refractivity contribution < 1.29 is 26.7 Å². The molecule has 1 aromatic heterocycles. The lowest BCUT2D eigenvalue weighted by Gasteiger charge is -2.37. The number of aromatic nitrogens is 2. The Kier molecular flexibility index (Phi) is 7.80. The first kappa shape index (κ1) is 28.0. The van der Waals surface area contributed by atoms with Gasteiger partial charge in [0.25, 0.3) is 10.2 Å². The number of hydrogen-bond acceptors (Lipinski definition) is 7. The second-order valence-corrected chi connectivity index (χ2v) is 12.1. The molecule has 214 valence electrons. The molecule has 10 nitrogen and oxygen atoms in total. The maximum Gasteiger partial charge on any atom is 0.316 e. The number of benzene rings is 2. The first-order chi connectivity index (χ1) is 19.1. The summed E-state index contributed by atoms with van der Waals surface area (Å²) in [7, 11) is 0.968. The van der Waals surface area contributed by atoms with E-state index in [1.54, 1.807) is 7.11 Å². The molecule has 13 heteroatoms. The number of nitrogens with zero attached hydrogens (tertiary/aromatic N) is 5. The van der Waals surface area contributed by atoms with Crippen LogP contribution in [0.1, 0.15) is 17.5 Å². The smallest absolute Gasteiger partial charge is 0.316 e. The first-order valence-corrected chi connectivity index (χ1v) is 14.3. The SMILES string of the molecule is COc1ccc2c(c1)CC(Oc1c(N3CCN(S(=O)(=O)N(C)C)CC3)cnn(-c3cc(F)cc(F)c3)c1=O)CC2. The number of hydrogen-bond donors (Lipinski definition) is 0. The predicted molar refractivity (Wildman–Crippen MR) is 146 cm³/mol. The minimum absolute atomic E-state index is 0.0000628. The minimum Gasteiger partial charge on any atom is -0.497 e. The lowest BCUT2D eigenvalue weighted by atomic mass is 9.89. The molecular weight excluding hydrogens is 544 g/mol.